The van der Waals surface area contributed by atoms with Gasteiger partial charge in [-0.25, -0.2) is 12.7 Å². The Balaban J connectivity index is 2.25. The number of nitrogens with two attached hydrogens (primary N) is 1. The molecule has 6 nitrogen and oxygen atoms in total. The van der Waals surface area contributed by atoms with E-state index >= 15 is 0 Å². The van der Waals surface area contributed by atoms with Crippen molar-refractivity contribution in [3.05, 3.63) is 83.9 Å². The standard InChI is InChI=1S/C21H17F3N2O4S/c1-30-19-8-3-2-7-18(19)26(16-6-4-5-15(13-16)21(22,23)24)31(28,29)17-11-9-14(10-12-17)20(25)27/h2-13H,1H3,(H2,25,27). The number of nitrogens with zero attached hydrogens (tertiary/aromatic N) is 1. The number of primary amides is 1. The van der Waals surface area contributed by atoms with Gasteiger partial charge in [-0.3, -0.25) is 4.79 Å². The van der Waals surface area contributed by atoms with Crippen LogP contribution in [-0.2, 0) is 16.2 Å². The number of carbonyl (C=O) groups is 1. The molecule has 3 aromatic carbocycles. The molecule has 0 aliphatic carbocycles. The quantitative estimate of drug-likeness (QED) is 0.605. The van der Waals surface area contributed by atoms with Crippen LogP contribution in [0.15, 0.2) is 77.7 Å². The van der Waals surface area contributed by atoms with Crippen molar-refractivity contribution in [2.24, 2.45) is 5.73 Å². The van der Waals surface area contributed by atoms with Crippen LogP contribution in [0.3, 0.4) is 0 Å². The third-order valence-corrected chi connectivity index (χ3v) is 6.15. The lowest BCUT2D eigenvalue weighted by atomic mass is 10.2. The molecular weight excluding hydrogens is 433 g/mol. The molecular formula is C21H17F3N2O4S. The van der Waals surface area contributed by atoms with E-state index in [1.54, 1.807) is 6.07 Å². The monoisotopic (exact) mass is 450 g/mol. The zero-order valence-electron chi connectivity index (χ0n) is 16.1. The van der Waals surface area contributed by atoms with Crippen LogP contribution < -0.4 is 14.8 Å². The summed E-state index contributed by atoms with van der Waals surface area (Å²) in [4.78, 5) is 11.0. The number of amides is 1. The second kappa shape index (κ2) is 8.31. The Morgan fingerprint density at radius 2 is 1.61 bits per heavy atom. The molecule has 31 heavy (non-hydrogen) atoms. The zero-order valence-corrected chi connectivity index (χ0v) is 16.9. The number of hydrogen-bond donors (Lipinski definition) is 1. The van der Waals surface area contributed by atoms with Crippen molar-refractivity contribution < 1.29 is 31.1 Å². The van der Waals surface area contributed by atoms with Crippen LogP contribution in [0.4, 0.5) is 24.5 Å². The molecule has 0 atom stereocenters. The van der Waals surface area contributed by atoms with E-state index in [1.165, 1.54) is 43.5 Å². The highest BCUT2D eigenvalue weighted by Gasteiger charge is 2.34. The molecule has 0 radical (unpaired) electrons. The van der Waals surface area contributed by atoms with Crippen molar-refractivity contribution in [2.75, 3.05) is 11.4 Å². The molecule has 0 aliphatic heterocycles. The minimum Gasteiger partial charge on any atom is -0.495 e. The lowest BCUT2D eigenvalue weighted by molar-refractivity contribution is -0.137. The Bertz CT molecular complexity index is 1210. The smallest absolute Gasteiger partial charge is 0.416 e. The fraction of sp³-hybridized carbons (Fsp3) is 0.0952. The number of alkyl halides is 3. The van der Waals surface area contributed by atoms with Gasteiger partial charge in [0.25, 0.3) is 10.0 Å². The summed E-state index contributed by atoms with van der Waals surface area (Å²) < 4.78 is 72.9. The molecule has 1 amide bonds. The van der Waals surface area contributed by atoms with Gasteiger partial charge in [0.15, 0.2) is 0 Å². The van der Waals surface area contributed by atoms with E-state index in [0.29, 0.717) is 0 Å². The summed E-state index contributed by atoms with van der Waals surface area (Å²) in [5.74, 6) is -0.611. The number of hydrogen-bond acceptors (Lipinski definition) is 4. The number of methoxy groups -OCH3 is 1. The largest absolute Gasteiger partial charge is 0.495 e. The Labute approximate surface area is 176 Å². The van der Waals surface area contributed by atoms with Crippen molar-refractivity contribution in [3.63, 3.8) is 0 Å². The third kappa shape index (κ3) is 4.48. The van der Waals surface area contributed by atoms with Crippen LogP contribution in [0.25, 0.3) is 0 Å². The normalized spacial score (nSPS) is 11.7. The van der Waals surface area contributed by atoms with Gasteiger partial charge >= 0.3 is 6.18 Å². The van der Waals surface area contributed by atoms with Crippen LogP contribution >= 0.6 is 0 Å². The number of carbonyl (C=O) groups excluding carboxylic acids is 1. The topological polar surface area (TPSA) is 89.7 Å². The van der Waals surface area contributed by atoms with Crippen LogP contribution in [0.5, 0.6) is 5.75 Å². The Hall–Kier alpha value is -3.53. The molecule has 0 saturated heterocycles. The van der Waals surface area contributed by atoms with Crippen molar-refractivity contribution in [1.82, 2.24) is 0 Å². The predicted molar refractivity (Wildman–Crippen MR) is 109 cm³/mol. The average molecular weight is 450 g/mol. The summed E-state index contributed by atoms with van der Waals surface area (Å²) in [5.41, 5.74) is 4.04. The van der Waals surface area contributed by atoms with Gasteiger partial charge in [0.1, 0.15) is 5.75 Å². The van der Waals surface area contributed by atoms with Gasteiger partial charge in [-0.1, -0.05) is 18.2 Å². The Morgan fingerprint density at radius 3 is 2.19 bits per heavy atom. The van der Waals surface area contributed by atoms with Crippen LogP contribution in [0, 0.1) is 0 Å². The van der Waals surface area contributed by atoms with Gasteiger partial charge in [0, 0.05) is 5.56 Å². The highest BCUT2D eigenvalue weighted by atomic mass is 32.2. The van der Waals surface area contributed by atoms with E-state index in [9.17, 15) is 26.4 Å². The summed E-state index contributed by atoms with van der Waals surface area (Å²) in [7, 11) is -3.09. The van der Waals surface area contributed by atoms with E-state index in [1.807, 2.05) is 0 Å². The number of halogens is 3. The van der Waals surface area contributed by atoms with E-state index in [0.717, 1.165) is 34.6 Å². The zero-order chi connectivity index (χ0) is 22.8. The van der Waals surface area contributed by atoms with E-state index in [2.05, 4.69) is 0 Å². The molecule has 0 unspecified atom stereocenters. The van der Waals surface area contributed by atoms with Crippen LogP contribution in [0.1, 0.15) is 15.9 Å². The molecule has 3 rings (SSSR count). The van der Waals surface area contributed by atoms with E-state index in [4.69, 9.17) is 10.5 Å². The lowest BCUT2D eigenvalue weighted by Gasteiger charge is -2.26. The molecule has 10 heteroatoms. The summed E-state index contributed by atoms with van der Waals surface area (Å²) >= 11 is 0. The first kappa shape index (κ1) is 22.2. The Kier molecular flexibility index (Phi) is 5.94. The predicted octanol–water partition coefficient (Wildman–Crippen LogP) is 4.34. The second-order valence-corrected chi connectivity index (χ2v) is 8.16. The highest BCUT2D eigenvalue weighted by molar-refractivity contribution is 7.93. The third-order valence-electron chi connectivity index (χ3n) is 4.39. The first-order valence-corrected chi connectivity index (χ1v) is 10.2. The highest BCUT2D eigenvalue weighted by Crippen LogP contribution is 2.40. The SMILES string of the molecule is COc1ccccc1N(c1cccc(C(F)(F)F)c1)S(=O)(=O)c1ccc(C(N)=O)cc1. The number of sulfonamides is 1. The first-order chi connectivity index (χ1) is 14.6. The molecule has 0 fully saturated rings. The molecule has 0 spiro atoms. The molecule has 0 saturated carbocycles. The molecule has 2 N–H and O–H groups in total. The van der Waals surface area contributed by atoms with E-state index < -0.39 is 27.7 Å². The summed E-state index contributed by atoms with van der Waals surface area (Å²) in [5, 5.41) is 0. The van der Waals surface area contributed by atoms with Crippen molar-refractivity contribution in [1.29, 1.82) is 0 Å². The number of ether oxygens (including phenoxy) is 1. The lowest BCUT2D eigenvalue weighted by Crippen LogP contribution is -2.27. The molecule has 162 valence electrons. The van der Waals surface area contributed by atoms with Crippen LogP contribution in [0.2, 0.25) is 0 Å². The maximum Gasteiger partial charge on any atom is 0.416 e. The van der Waals surface area contributed by atoms with E-state index in [-0.39, 0.29) is 27.6 Å². The maximum absolute atomic E-state index is 13.5. The van der Waals surface area contributed by atoms with Gasteiger partial charge in [-0.15, -0.1) is 0 Å². The minimum atomic E-state index is -4.67. The molecule has 0 heterocycles. The summed E-state index contributed by atoms with van der Waals surface area (Å²) in [6.45, 7) is 0. The average Bonchev–Trinajstić information content (AvgIpc) is 2.74. The number of benzene rings is 3. The second-order valence-electron chi connectivity index (χ2n) is 6.38. The fourth-order valence-electron chi connectivity index (χ4n) is 2.91. The molecule has 0 aliphatic rings. The fourth-order valence-corrected chi connectivity index (χ4v) is 4.40. The maximum atomic E-state index is 13.5. The van der Waals surface area contributed by atoms with Crippen molar-refractivity contribution in [3.8, 4) is 5.75 Å². The van der Waals surface area contributed by atoms with Gasteiger partial charge in [-0.05, 0) is 54.6 Å². The molecule has 0 aromatic heterocycles. The summed E-state index contributed by atoms with van der Waals surface area (Å²) in [6, 6.07) is 14.7. The van der Waals surface area contributed by atoms with Crippen LogP contribution in [-0.4, -0.2) is 21.4 Å². The van der Waals surface area contributed by atoms with Gasteiger partial charge < -0.3 is 10.5 Å². The van der Waals surface area contributed by atoms with Crippen molar-refractivity contribution >= 4 is 27.3 Å². The Morgan fingerprint density at radius 1 is 0.968 bits per heavy atom. The number of rotatable bonds is 6. The van der Waals surface area contributed by atoms with Gasteiger partial charge in [-0.2, -0.15) is 13.2 Å². The number of anilines is 2. The molecule has 0 bridgehead atoms. The molecule has 3 aromatic rings. The number of para-hydroxylation sites is 2. The van der Waals surface area contributed by atoms with Gasteiger partial charge in [0.2, 0.25) is 5.91 Å². The summed E-state index contributed by atoms with van der Waals surface area (Å²) in [6.07, 6.45) is -4.67. The van der Waals surface area contributed by atoms with Gasteiger partial charge in [0.05, 0.1) is 28.9 Å². The first-order valence-electron chi connectivity index (χ1n) is 8.81. The van der Waals surface area contributed by atoms with Crippen molar-refractivity contribution in [2.45, 2.75) is 11.1 Å². The minimum absolute atomic E-state index is 0.0169.